The molecule has 0 spiro atoms. The van der Waals surface area contributed by atoms with Crippen LogP contribution in [0.1, 0.15) is 45.4 Å². The van der Waals surface area contributed by atoms with Gasteiger partial charge in [-0.1, -0.05) is 19.8 Å². The van der Waals surface area contributed by atoms with Crippen molar-refractivity contribution in [2.24, 2.45) is 17.8 Å². The lowest BCUT2D eigenvalue weighted by Gasteiger charge is -2.37. The van der Waals surface area contributed by atoms with E-state index in [0.717, 1.165) is 31.6 Å². The summed E-state index contributed by atoms with van der Waals surface area (Å²) in [5, 5.41) is 3.24. The van der Waals surface area contributed by atoms with Gasteiger partial charge in [0.2, 0.25) is 0 Å². The first-order valence-corrected chi connectivity index (χ1v) is 6.41. The summed E-state index contributed by atoms with van der Waals surface area (Å²) in [4.78, 5) is 12.1. The van der Waals surface area contributed by atoms with Crippen LogP contribution in [-0.4, -0.2) is 18.9 Å². The molecule has 2 aliphatic carbocycles. The van der Waals surface area contributed by atoms with Gasteiger partial charge >= 0.3 is 0 Å². The highest BCUT2D eigenvalue weighted by atomic mass is 16.1. The average Bonchev–Trinajstić information content (AvgIpc) is 2.17. The van der Waals surface area contributed by atoms with Gasteiger partial charge in [0.25, 0.3) is 0 Å². The largest absolute Gasteiger partial charge is 0.317 e. The van der Waals surface area contributed by atoms with E-state index in [1.165, 1.54) is 12.8 Å². The third-order valence-corrected chi connectivity index (χ3v) is 4.37. The van der Waals surface area contributed by atoms with E-state index in [9.17, 15) is 4.79 Å². The van der Waals surface area contributed by atoms with Crippen molar-refractivity contribution in [3.05, 3.63) is 0 Å². The molecule has 2 fully saturated rings. The molecule has 0 amide bonds. The number of rotatable bonds is 3. The summed E-state index contributed by atoms with van der Waals surface area (Å²) in [6.45, 7) is 2.31. The molecule has 2 nitrogen and oxygen atoms in total. The maximum absolute atomic E-state index is 12.1. The van der Waals surface area contributed by atoms with E-state index in [-0.39, 0.29) is 0 Å². The lowest BCUT2D eigenvalue weighted by atomic mass is 9.70. The van der Waals surface area contributed by atoms with E-state index in [2.05, 4.69) is 12.2 Å². The van der Waals surface area contributed by atoms with Gasteiger partial charge in [-0.2, -0.15) is 0 Å². The molecule has 2 aliphatic rings. The molecule has 1 N–H and O–H groups in total. The van der Waals surface area contributed by atoms with Crippen LogP contribution in [-0.2, 0) is 4.79 Å². The fourth-order valence-corrected chi connectivity index (χ4v) is 2.96. The normalized spacial score (nSPS) is 40.9. The molecular formula is C13H23NO. The molecular weight excluding hydrogens is 186 g/mol. The highest BCUT2D eigenvalue weighted by molar-refractivity contribution is 5.84. The van der Waals surface area contributed by atoms with Crippen LogP contribution in [0.5, 0.6) is 0 Å². The highest BCUT2D eigenvalue weighted by Crippen LogP contribution is 2.36. The van der Waals surface area contributed by atoms with Gasteiger partial charge in [-0.25, -0.2) is 0 Å². The van der Waals surface area contributed by atoms with Crippen LogP contribution in [0.2, 0.25) is 0 Å². The number of hydrogen-bond acceptors (Lipinski definition) is 2. The van der Waals surface area contributed by atoms with E-state index in [4.69, 9.17) is 0 Å². The zero-order valence-electron chi connectivity index (χ0n) is 9.96. The molecule has 2 heteroatoms. The van der Waals surface area contributed by atoms with Crippen LogP contribution < -0.4 is 5.32 Å². The molecule has 0 saturated heterocycles. The fourth-order valence-electron chi connectivity index (χ4n) is 2.96. The minimum atomic E-state index is 0.390. The molecule has 0 aliphatic heterocycles. The molecule has 0 bridgehead atoms. The predicted octanol–water partition coefficient (Wildman–Crippen LogP) is 2.38. The van der Waals surface area contributed by atoms with Crippen molar-refractivity contribution in [2.75, 3.05) is 7.05 Å². The third-order valence-electron chi connectivity index (χ3n) is 4.37. The molecule has 0 aromatic carbocycles. The summed E-state index contributed by atoms with van der Waals surface area (Å²) >= 11 is 0. The second-order valence-corrected chi connectivity index (χ2v) is 5.51. The van der Waals surface area contributed by atoms with Gasteiger partial charge in [-0.15, -0.1) is 0 Å². The second-order valence-electron chi connectivity index (χ2n) is 5.51. The van der Waals surface area contributed by atoms with Crippen LogP contribution in [0.25, 0.3) is 0 Å². The summed E-state index contributed by atoms with van der Waals surface area (Å²) in [6, 6.07) is 0.612. The van der Waals surface area contributed by atoms with Crippen LogP contribution in [0.4, 0.5) is 0 Å². The van der Waals surface area contributed by atoms with E-state index in [0.29, 0.717) is 23.7 Å². The zero-order valence-corrected chi connectivity index (χ0v) is 9.96. The van der Waals surface area contributed by atoms with Gasteiger partial charge in [-0.3, -0.25) is 4.79 Å². The first-order chi connectivity index (χ1) is 7.20. The topological polar surface area (TPSA) is 29.1 Å². The van der Waals surface area contributed by atoms with Crippen LogP contribution >= 0.6 is 0 Å². The number of nitrogens with one attached hydrogen (secondary N) is 1. The zero-order chi connectivity index (χ0) is 10.8. The van der Waals surface area contributed by atoms with Crippen molar-refractivity contribution in [3.8, 4) is 0 Å². The lowest BCUT2D eigenvalue weighted by Crippen LogP contribution is -2.44. The Morgan fingerprint density at radius 2 is 1.67 bits per heavy atom. The average molecular weight is 209 g/mol. The molecule has 15 heavy (non-hydrogen) atoms. The molecule has 0 aromatic heterocycles. The Hall–Kier alpha value is -0.370. The van der Waals surface area contributed by atoms with Crippen molar-refractivity contribution in [2.45, 2.75) is 51.5 Å². The Bertz CT molecular complexity index is 225. The fraction of sp³-hybridized carbons (Fsp3) is 0.923. The standard InChI is InChI=1S/C13H23NO/c1-9-3-5-10(6-4-9)13(15)11-7-12(8-11)14-2/h9-12,14H,3-8H2,1-2H3. The minimum absolute atomic E-state index is 0.390. The summed E-state index contributed by atoms with van der Waals surface area (Å²) in [7, 11) is 1.99. The molecule has 0 radical (unpaired) electrons. The molecule has 0 aromatic rings. The summed E-state index contributed by atoms with van der Waals surface area (Å²) in [5.41, 5.74) is 0. The molecule has 86 valence electrons. The van der Waals surface area contributed by atoms with Gasteiger partial charge in [0.15, 0.2) is 0 Å². The SMILES string of the molecule is CNC1CC(C(=O)C2CCC(C)CC2)C1. The van der Waals surface area contributed by atoms with Gasteiger partial charge in [-0.05, 0) is 38.6 Å². The number of Topliss-reactive ketones (excluding diaryl/α,β-unsaturated/α-hetero) is 1. The van der Waals surface area contributed by atoms with Crippen molar-refractivity contribution in [3.63, 3.8) is 0 Å². The molecule has 0 heterocycles. The summed E-state index contributed by atoms with van der Waals surface area (Å²) < 4.78 is 0. The van der Waals surface area contributed by atoms with Crippen LogP contribution in [0.3, 0.4) is 0 Å². The maximum atomic E-state index is 12.1. The first-order valence-electron chi connectivity index (χ1n) is 6.41. The molecule has 2 rings (SSSR count). The first kappa shape index (κ1) is 11.1. The van der Waals surface area contributed by atoms with Crippen LogP contribution in [0, 0.1) is 17.8 Å². The Morgan fingerprint density at radius 1 is 1.07 bits per heavy atom. The van der Waals surface area contributed by atoms with E-state index < -0.39 is 0 Å². The quantitative estimate of drug-likeness (QED) is 0.773. The minimum Gasteiger partial charge on any atom is -0.317 e. The Balaban J connectivity index is 1.77. The van der Waals surface area contributed by atoms with Crippen molar-refractivity contribution in [1.82, 2.24) is 5.32 Å². The highest BCUT2D eigenvalue weighted by Gasteiger charge is 2.37. The number of hydrogen-bond donors (Lipinski definition) is 1. The smallest absolute Gasteiger partial charge is 0.139 e. The number of carbonyl (C=O) groups excluding carboxylic acids is 1. The van der Waals surface area contributed by atoms with Gasteiger partial charge in [0.1, 0.15) is 5.78 Å². The Morgan fingerprint density at radius 3 is 2.20 bits per heavy atom. The maximum Gasteiger partial charge on any atom is 0.139 e. The van der Waals surface area contributed by atoms with Gasteiger partial charge in [0, 0.05) is 17.9 Å². The molecule has 2 saturated carbocycles. The van der Waals surface area contributed by atoms with E-state index in [1.807, 2.05) is 7.05 Å². The van der Waals surface area contributed by atoms with Crippen molar-refractivity contribution in [1.29, 1.82) is 0 Å². The number of carbonyl (C=O) groups is 1. The van der Waals surface area contributed by atoms with Gasteiger partial charge < -0.3 is 5.32 Å². The van der Waals surface area contributed by atoms with Gasteiger partial charge in [0.05, 0.1) is 0 Å². The van der Waals surface area contributed by atoms with Crippen molar-refractivity contribution >= 4 is 5.78 Å². The number of ketones is 1. The Kier molecular flexibility index (Phi) is 3.45. The Labute approximate surface area is 92.8 Å². The predicted molar refractivity (Wildman–Crippen MR) is 61.7 cm³/mol. The van der Waals surface area contributed by atoms with Crippen LogP contribution in [0.15, 0.2) is 0 Å². The third kappa shape index (κ3) is 2.41. The van der Waals surface area contributed by atoms with E-state index in [1.54, 1.807) is 0 Å². The van der Waals surface area contributed by atoms with Crippen molar-refractivity contribution < 1.29 is 4.79 Å². The monoisotopic (exact) mass is 209 g/mol. The molecule has 0 atom stereocenters. The lowest BCUT2D eigenvalue weighted by molar-refractivity contribution is -0.131. The second kappa shape index (κ2) is 4.65. The molecule has 0 unspecified atom stereocenters. The summed E-state index contributed by atoms with van der Waals surface area (Å²) in [6.07, 6.45) is 7.00. The van der Waals surface area contributed by atoms with E-state index >= 15 is 0 Å². The summed E-state index contributed by atoms with van der Waals surface area (Å²) in [5.74, 6) is 2.22.